The Morgan fingerprint density at radius 2 is 2.28 bits per heavy atom. The lowest BCUT2D eigenvalue weighted by molar-refractivity contribution is 0.0897. The number of nitrogens with zero attached hydrogens (tertiary/aromatic N) is 1. The zero-order chi connectivity index (χ0) is 17.8. The fraction of sp³-hybridized carbons (Fsp3) is 0.474. The zero-order valence-electron chi connectivity index (χ0n) is 14.8. The molecule has 2 N–H and O–H groups in total. The summed E-state index contributed by atoms with van der Waals surface area (Å²) in [5, 5.41) is 4.91. The smallest absolute Gasteiger partial charge is 0.253 e. The Kier molecular flexibility index (Phi) is 5.71. The lowest BCUT2D eigenvalue weighted by Gasteiger charge is -2.28. The second kappa shape index (κ2) is 7.97. The van der Waals surface area contributed by atoms with Crippen LogP contribution < -0.4 is 10.9 Å². The quantitative estimate of drug-likeness (QED) is 0.804. The molecule has 0 unspecified atom stereocenters. The molecule has 25 heavy (non-hydrogen) atoms. The fourth-order valence-corrected chi connectivity index (χ4v) is 3.49. The summed E-state index contributed by atoms with van der Waals surface area (Å²) in [6, 6.07) is 8.01. The molecule has 1 aromatic carbocycles. The molecule has 1 fully saturated rings. The minimum absolute atomic E-state index is 0.0620. The minimum atomic E-state index is -0.0620. The van der Waals surface area contributed by atoms with Gasteiger partial charge in [0, 0.05) is 30.8 Å². The number of benzene rings is 1. The summed E-state index contributed by atoms with van der Waals surface area (Å²) >= 11 is 5.52. The van der Waals surface area contributed by atoms with Gasteiger partial charge in [0.05, 0.1) is 12.6 Å². The van der Waals surface area contributed by atoms with E-state index in [1.807, 2.05) is 36.9 Å². The Labute approximate surface area is 153 Å². The molecule has 6 heteroatoms. The number of aryl methyl sites for hydroxylation is 1. The van der Waals surface area contributed by atoms with E-state index in [4.69, 9.17) is 17.0 Å². The number of pyridine rings is 1. The van der Waals surface area contributed by atoms with Gasteiger partial charge in [-0.25, -0.2) is 0 Å². The predicted octanol–water partition coefficient (Wildman–Crippen LogP) is 2.71. The van der Waals surface area contributed by atoms with E-state index in [1.54, 1.807) is 0 Å². The third kappa shape index (κ3) is 4.38. The van der Waals surface area contributed by atoms with Gasteiger partial charge >= 0.3 is 0 Å². The number of thiocarbonyl (C=S) groups is 1. The average molecular weight is 359 g/mol. The van der Waals surface area contributed by atoms with E-state index in [2.05, 4.69) is 16.4 Å². The Hall–Kier alpha value is -1.92. The first kappa shape index (κ1) is 17.9. The summed E-state index contributed by atoms with van der Waals surface area (Å²) in [5.74, 6) is 0. The van der Waals surface area contributed by atoms with E-state index in [-0.39, 0.29) is 11.7 Å². The first-order chi connectivity index (χ1) is 12.1. The maximum absolute atomic E-state index is 12.5. The molecule has 0 aliphatic carbocycles. The second-order valence-electron chi connectivity index (χ2n) is 6.57. The monoisotopic (exact) mass is 359 g/mol. The lowest BCUT2D eigenvalue weighted by Crippen LogP contribution is -2.43. The molecule has 3 rings (SSSR count). The summed E-state index contributed by atoms with van der Waals surface area (Å²) in [4.78, 5) is 17.5. The van der Waals surface area contributed by atoms with E-state index >= 15 is 0 Å². The molecule has 1 atom stereocenters. The summed E-state index contributed by atoms with van der Waals surface area (Å²) in [6.07, 6.45) is 2.30. The fourth-order valence-electron chi connectivity index (χ4n) is 3.21. The van der Waals surface area contributed by atoms with E-state index in [1.165, 1.54) is 5.56 Å². The largest absolute Gasteiger partial charge is 0.376 e. The van der Waals surface area contributed by atoms with Crippen LogP contribution in [0, 0.1) is 6.92 Å². The number of aromatic nitrogens is 1. The van der Waals surface area contributed by atoms with E-state index < -0.39 is 0 Å². The van der Waals surface area contributed by atoms with Gasteiger partial charge in [-0.05, 0) is 62.5 Å². The van der Waals surface area contributed by atoms with Crippen LogP contribution in [-0.4, -0.2) is 40.8 Å². The molecule has 1 aliphatic heterocycles. The second-order valence-corrected chi connectivity index (χ2v) is 6.95. The van der Waals surface area contributed by atoms with Crippen molar-refractivity contribution in [1.29, 1.82) is 0 Å². The number of hydrogen-bond acceptors (Lipinski definition) is 3. The van der Waals surface area contributed by atoms with Gasteiger partial charge in [-0.3, -0.25) is 4.79 Å². The van der Waals surface area contributed by atoms with Crippen molar-refractivity contribution in [2.45, 2.75) is 39.3 Å². The van der Waals surface area contributed by atoms with Crippen LogP contribution >= 0.6 is 12.2 Å². The van der Waals surface area contributed by atoms with Gasteiger partial charge in [0.15, 0.2) is 5.11 Å². The highest BCUT2D eigenvalue weighted by atomic mass is 32.1. The van der Waals surface area contributed by atoms with Crippen LogP contribution in [-0.2, 0) is 11.3 Å². The third-order valence-corrected chi connectivity index (χ3v) is 4.90. The highest BCUT2D eigenvalue weighted by Crippen LogP contribution is 2.17. The summed E-state index contributed by atoms with van der Waals surface area (Å²) in [5.41, 5.74) is 2.69. The van der Waals surface area contributed by atoms with E-state index in [9.17, 15) is 4.79 Å². The maximum Gasteiger partial charge on any atom is 0.253 e. The Morgan fingerprint density at radius 3 is 3.00 bits per heavy atom. The SMILES string of the molecule is CCNC(=S)N(Cc1cc2cc(C)ccc2[nH]c1=O)C[C@@H]1CCCO1. The number of nitrogens with one attached hydrogen (secondary N) is 2. The topological polar surface area (TPSA) is 57.4 Å². The van der Waals surface area contributed by atoms with Crippen molar-refractivity contribution in [3.8, 4) is 0 Å². The van der Waals surface area contributed by atoms with Crippen molar-refractivity contribution in [3.63, 3.8) is 0 Å². The molecule has 0 amide bonds. The van der Waals surface area contributed by atoms with Crippen LogP contribution in [0.3, 0.4) is 0 Å². The van der Waals surface area contributed by atoms with Crippen molar-refractivity contribution < 1.29 is 4.74 Å². The molecule has 0 radical (unpaired) electrons. The van der Waals surface area contributed by atoms with Crippen LogP contribution in [0.2, 0.25) is 0 Å². The number of H-pyrrole nitrogens is 1. The number of aromatic amines is 1. The lowest BCUT2D eigenvalue weighted by atomic mass is 10.1. The Bertz CT molecular complexity index is 812. The molecular formula is C19H25N3O2S. The molecule has 5 nitrogen and oxygen atoms in total. The van der Waals surface area contributed by atoms with Crippen molar-refractivity contribution in [1.82, 2.24) is 15.2 Å². The Morgan fingerprint density at radius 1 is 1.44 bits per heavy atom. The van der Waals surface area contributed by atoms with Crippen LogP contribution in [0.15, 0.2) is 29.1 Å². The van der Waals surface area contributed by atoms with Crippen LogP contribution in [0.4, 0.5) is 0 Å². The predicted molar refractivity (Wildman–Crippen MR) is 105 cm³/mol. The molecule has 1 saturated heterocycles. The summed E-state index contributed by atoms with van der Waals surface area (Å²) in [6.45, 7) is 6.81. The molecule has 1 aliphatic rings. The standard InChI is InChI=1S/C19H25N3O2S/c1-3-20-19(25)22(12-16-5-4-8-24-16)11-15-10-14-9-13(2)6-7-17(14)21-18(15)23/h6-7,9-10,16H,3-5,8,11-12H2,1-2H3,(H,20,25)(H,21,23)/t16-/m0/s1. The van der Waals surface area contributed by atoms with Gasteiger partial charge in [0.1, 0.15) is 0 Å². The van der Waals surface area contributed by atoms with E-state index in [0.717, 1.165) is 42.5 Å². The first-order valence-corrected chi connectivity index (χ1v) is 9.24. The maximum atomic E-state index is 12.5. The van der Waals surface area contributed by atoms with Crippen LogP contribution in [0.5, 0.6) is 0 Å². The van der Waals surface area contributed by atoms with Gasteiger partial charge in [0.2, 0.25) is 0 Å². The zero-order valence-corrected chi connectivity index (χ0v) is 15.6. The van der Waals surface area contributed by atoms with Crippen LogP contribution in [0.25, 0.3) is 10.9 Å². The molecule has 2 heterocycles. The van der Waals surface area contributed by atoms with E-state index in [0.29, 0.717) is 18.2 Å². The van der Waals surface area contributed by atoms with Crippen molar-refractivity contribution >= 4 is 28.2 Å². The third-order valence-electron chi connectivity index (χ3n) is 4.50. The highest BCUT2D eigenvalue weighted by Gasteiger charge is 2.21. The van der Waals surface area contributed by atoms with Crippen molar-refractivity contribution in [2.75, 3.05) is 19.7 Å². The van der Waals surface area contributed by atoms with Gasteiger partial charge in [-0.15, -0.1) is 0 Å². The summed E-state index contributed by atoms with van der Waals surface area (Å²) < 4.78 is 5.75. The van der Waals surface area contributed by atoms with Crippen molar-refractivity contribution in [2.24, 2.45) is 0 Å². The molecule has 0 saturated carbocycles. The molecule has 1 aromatic heterocycles. The van der Waals surface area contributed by atoms with Crippen molar-refractivity contribution in [3.05, 3.63) is 45.7 Å². The number of hydrogen-bond donors (Lipinski definition) is 2. The van der Waals surface area contributed by atoms with Gasteiger partial charge in [0.25, 0.3) is 5.56 Å². The van der Waals surface area contributed by atoms with Gasteiger partial charge in [-0.2, -0.15) is 0 Å². The number of fused-ring (bicyclic) bond motifs is 1. The van der Waals surface area contributed by atoms with Gasteiger partial charge in [-0.1, -0.05) is 11.6 Å². The molecule has 0 bridgehead atoms. The first-order valence-electron chi connectivity index (χ1n) is 8.83. The molecule has 2 aromatic rings. The Balaban J connectivity index is 1.86. The normalized spacial score (nSPS) is 17.0. The summed E-state index contributed by atoms with van der Waals surface area (Å²) in [7, 11) is 0. The number of ether oxygens (including phenoxy) is 1. The van der Waals surface area contributed by atoms with Crippen LogP contribution in [0.1, 0.15) is 30.9 Å². The highest BCUT2D eigenvalue weighted by molar-refractivity contribution is 7.80. The minimum Gasteiger partial charge on any atom is -0.376 e. The number of rotatable bonds is 5. The van der Waals surface area contributed by atoms with Gasteiger partial charge < -0.3 is 19.9 Å². The molecule has 0 spiro atoms. The molecular weight excluding hydrogens is 334 g/mol. The molecule has 134 valence electrons. The average Bonchev–Trinajstić information content (AvgIpc) is 3.08.